The third-order valence-electron chi connectivity index (χ3n) is 3.50. The first-order valence-electron chi connectivity index (χ1n) is 7.25. The van der Waals surface area contributed by atoms with Gasteiger partial charge in [0.05, 0.1) is 6.10 Å². The molecule has 0 bridgehead atoms. The summed E-state index contributed by atoms with van der Waals surface area (Å²) in [6.07, 6.45) is 5.38. The predicted octanol–water partition coefficient (Wildman–Crippen LogP) is 2.99. The second kappa shape index (κ2) is 7.60. The van der Waals surface area contributed by atoms with Crippen LogP contribution in [0, 0.1) is 0 Å². The summed E-state index contributed by atoms with van der Waals surface area (Å²) in [6, 6.07) is 3.39. The van der Waals surface area contributed by atoms with Gasteiger partial charge in [-0.2, -0.15) is 0 Å². The highest BCUT2D eigenvalue weighted by atomic mass is 35.5. The Morgan fingerprint density at radius 2 is 2.35 bits per heavy atom. The number of nitrogens with one attached hydrogen (secondary N) is 1. The molecule has 0 aromatic carbocycles. The molecule has 1 N–H and O–H groups in total. The first-order chi connectivity index (χ1) is 9.69. The molecule has 0 radical (unpaired) electrons. The van der Waals surface area contributed by atoms with Crippen LogP contribution in [-0.2, 0) is 11.2 Å². The molecule has 1 saturated heterocycles. The van der Waals surface area contributed by atoms with Crippen molar-refractivity contribution in [3.8, 4) is 0 Å². The normalized spacial score (nSPS) is 18.8. The summed E-state index contributed by atoms with van der Waals surface area (Å²) >= 11 is 5.92. The monoisotopic (exact) mass is 296 g/mol. The van der Waals surface area contributed by atoms with Crippen LogP contribution in [0.1, 0.15) is 48.7 Å². The summed E-state index contributed by atoms with van der Waals surface area (Å²) < 4.78 is 5.64. The molecule has 110 valence electrons. The average molecular weight is 297 g/mol. The van der Waals surface area contributed by atoms with Crippen LogP contribution >= 0.6 is 11.6 Å². The third-order valence-corrected chi connectivity index (χ3v) is 3.69. The number of aryl methyl sites for hydroxylation is 1. The highest BCUT2D eigenvalue weighted by Crippen LogP contribution is 2.15. The van der Waals surface area contributed by atoms with Crippen molar-refractivity contribution in [2.24, 2.45) is 0 Å². The van der Waals surface area contributed by atoms with Gasteiger partial charge in [-0.25, -0.2) is 4.98 Å². The maximum atomic E-state index is 12.1. The fraction of sp³-hybridized carbons (Fsp3) is 0.600. The van der Waals surface area contributed by atoms with E-state index in [2.05, 4.69) is 10.3 Å². The Bertz CT molecular complexity index is 459. The number of aromatic nitrogens is 1. The Kier molecular flexibility index (Phi) is 5.80. The van der Waals surface area contributed by atoms with Gasteiger partial charge in [0.1, 0.15) is 5.15 Å². The molecule has 1 amide bonds. The van der Waals surface area contributed by atoms with E-state index in [9.17, 15) is 4.79 Å². The largest absolute Gasteiger partial charge is 0.378 e. The zero-order chi connectivity index (χ0) is 14.4. The molecule has 1 aliphatic heterocycles. The van der Waals surface area contributed by atoms with Gasteiger partial charge in [-0.3, -0.25) is 4.79 Å². The van der Waals surface area contributed by atoms with Gasteiger partial charge in [0.15, 0.2) is 0 Å². The van der Waals surface area contributed by atoms with Crippen LogP contribution in [0.3, 0.4) is 0 Å². The van der Waals surface area contributed by atoms with Crippen LogP contribution in [0.15, 0.2) is 12.1 Å². The molecule has 5 heteroatoms. The minimum atomic E-state index is -0.0974. The molecule has 20 heavy (non-hydrogen) atoms. The average Bonchev–Trinajstić information content (AvgIpc) is 2.47. The molecule has 0 spiro atoms. The van der Waals surface area contributed by atoms with E-state index in [1.165, 1.54) is 6.42 Å². The number of hydrogen-bond donors (Lipinski definition) is 1. The van der Waals surface area contributed by atoms with Crippen LogP contribution in [0.5, 0.6) is 0 Å². The minimum absolute atomic E-state index is 0.0974. The van der Waals surface area contributed by atoms with Gasteiger partial charge in [-0.05, 0) is 44.2 Å². The number of halogens is 1. The fourth-order valence-corrected chi connectivity index (χ4v) is 2.57. The Morgan fingerprint density at radius 3 is 3.05 bits per heavy atom. The van der Waals surface area contributed by atoms with Gasteiger partial charge in [0, 0.05) is 24.4 Å². The van der Waals surface area contributed by atoms with Crippen molar-refractivity contribution in [2.75, 3.05) is 13.2 Å². The maximum Gasteiger partial charge on any atom is 0.251 e. The quantitative estimate of drug-likeness (QED) is 0.850. The summed E-state index contributed by atoms with van der Waals surface area (Å²) in [5, 5.41) is 3.29. The van der Waals surface area contributed by atoms with Crippen molar-refractivity contribution in [3.63, 3.8) is 0 Å². The molecule has 1 aliphatic rings. The third kappa shape index (κ3) is 4.46. The van der Waals surface area contributed by atoms with Crippen molar-refractivity contribution in [1.29, 1.82) is 0 Å². The van der Waals surface area contributed by atoms with Gasteiger partial charge in [0.25, 0.3) is 5.91 Å². The Labute approximate surface area is 124 Å². The van der Waals surface area contributed by atoms with Gasteiger partial charge < -0.3 is 10.1 Å². The lowest BCUT2D eigenvalue weighted by atomic mass is 10.1. The van der Waals surface area contributed by atoms with Crippen molar-refractivity contribution in [1.82, 2.24) is 10.3 Å². The van der Waals surface area contributed by atoms with E-state index in [4.69, 9.17) is 16.3 Å². The van der Waals surface area contributed by atoms with Crippen molar-refractivity contribution in [2.45, 2.75) is 45.1 Å². The molecule has 1 aromatic heterocycles. The minimum Gasteiger partial charge on any atom is -0.378 e. The van der Waals surface area contributed by atoms with Crippen LogP contribution < -0.4 is 5.32 Å². The Balaban J connectivity index is 1.83. The van der Waals surface area contributed by atoms with Crippen LogP contribution in [0.25, 0.3) is 0 Å². The molecular weight excluding hydrogens is 276 g/mol. The number of amides is 1. The van der Waals surface area contributed by atoms with E-state index in [0.717, 1.165) is 38.0 Å². The van der Waals surface area contributed by atoms with Gasteiger partial charge in [0.2, 0.25) is 0 Å². The molecular formula is C15H21ClN2O2. The zero-order valence-corrected chi connectivity index (χ0v) is 12.6. The summed E-state index contributed by atoms with van der Waals surface area (Å²) in [5.41, 5.74) is 1.41. The molecule has 0 aliphatic carbocycles. The molecule has 1 atom stereocenters. The van der Waals surface area contributed by atoms with Gasteiger partial charge in [-0.15, -0.1) is 0 Å². The number of ether oxygens (including phenoxy) is 1. The van der Waals surface area contributed by atoms with Crippen LogP contribution in [0.2, 0.25) is 5.15 Å². The van der Waals surface area contributed by atoms with E-state index in [1.807, 2.05) is 6.92 Å². The predicted molar refractivity (Wildman–Crippen MR) is 79.2 cm³/mol. The highest BCUT2D eigenvalue weighted by Gasteiger charge is 2.14. The lowest BCUT2D eigenvalue weighted by molar-refractivity contribution is 0.0117. The number of hydrogen-bond acceptors (Lipinski definition) is 3. The Morgan fingerprint density at radius 1 is 1.50 bits per heavy atom. The number of pyridine rings is 1. The second-order valence-corrected chi connectivity index (χ2v) is 5.44. The summed E-state index contributed by atoms with van der Waals surface area (Å²) in [6.45, 7) is 3.46. The number of rotatable bonds is 5. The van der Waals surface area contributed by atoms with E-state index in [1.54, 1.807) is 12.1 Å². The van der Waals surface area contributed by atoms with E-state index < -0.39 is 0 Å². The lowest BCUT2D eigenvalue weighted by Gasteiger charge is -2.22. The van der Waals surface area contributed by atoms with Crippen LogP contribution in [0.4, 0.5) is 0 Å². The molecule has 4 nitrogen and oxygen atoms in total. The van der Waals surface area contributed by atoms with E-state index in [-0.39, 0.29) is 12.0 Å². The fourth-order valence-electron chi connectivity index (χ4n) is 2.35. The van der Waals surface area contributed by atoms with Crippen LogP contribution in [-0.4, -0.2) is 30.1 Å². The summed E-state index contributed by atoms with van der Waals surface area (Å²) in [4.78, 5) is 16.2. The molecule has 2 heterocycles. The summed E-state index contributed by atoms with van der Waals surface area (Å²) in [5.74, 6) is -0.0974. The lowest BCUT2D eigenvalue weighted by Crippen LogP contribution is -2.29. The van der Waals surface area contributed by atoms with E-state index in [0.29, 0.717) is 17.3 Å². The number of nitrogens with zero attached hydrogens (tertiary/aromatic N) is 1. The van der Waals surface area contributed by atoms with Crippen molar-refractivity contribution < 1.29 is 9.53 Å². The molecule has 2 rings (SSSR count). The van der Waals surface area contributed by atoms with E-state index >= 15 is 0 Å². The van der Waals surface area contributed by atoms with Gasteiger partial charge in [-0.1, -0.05) is 18.5 Å². The summed E-state index contributed by atoms with van der Waals surface area (Å²) in [7, 11) is 0. The first-order valence-corrected chi connectivity index (χ1v) is 7.63. The topological polar surface area (TPSA) is 51.2 Å². The standard InChI is InChI=1S/C15H21ClN2O2/c1-2-12-9-11(10-14(16)18-12)15(19)17-7-6-13-5-3-4-8-20-13/h9-10,13H,2-8H2,1H3,(H,17,19). The second-order valence-electron chi connectivity index (χ2n) is 5.06. The molecule has 1 fully saturated rings. The molecule has 1 unspecified atom stereocenters. The highest BCUT2D eigenvalue weighted by molar-refractivity contribution is 6.29. The number of carbonyl (C=O) groups excluding carboxylic acids is 1. The van der Waals surface area contributed by atoms with Crippen molar-refractivity contribution in [3.05, 3.63) is 28.5 Å². The number of carbonyl (C=O) groups is 1. The maximum absolute atomic E-state index is 12.1. The zero-order valence-electron chi connectivity index (χ0n) is 11.8. The Hall–Kier alpha value is -1.13. The first kappa shape index (κ1) is 15.3. The SMILES string of the molecule is CCc1cc(C(=O)NCCC2CCCCO2)cc(Cl)n1. The van der Waals surface area contributed by atoms with Crippen molar-refractivity contribution >= 4 is 17.5 Å². The molecule has 1 aromatic rings. The smallest absolute Gasteiger partial charge is 0.251 e. The van der Waals surface area contributed by atoms with Gasteiger partial charge >= 0.3 is 0 Å². The molecule has 0 saturated carbocycles.